The van der Waals surface area contributed by atoms with E-state index in [0.29, 0.717) is 38.4 Å². The maximum Gasteiger partial charge on any atom is 0.203 e. The molecule has 0 aromatic heterocycles. The fourth-order valence-corrected chi connectivity index (χ4v) is 4.26. The van der Waals surface area contributed by atoms with Crippen molar-refractivity contribution in [1.82, 2.24) is 0 Å². The van der Waals surface area contributed by atoms with Crippen LogP contribution in [0, 0.1) is 0 Å². The van der Waals surface area contributed by atoms with Gasteiger partial charge in [-0.05, 0) is 52.6 Å². The molecule has 4 rings (SSSR count). The zero-order valence-electron chi connectivity index (χ0n) is 16.6. The third-order valence-corrected chi connectivity index (χ3v) is 5.69. The Morgan fingerprint density at radius 1 is 0.767 bits per heavy atom. The fourth-order valence-electron chi connectivity index (χ4n) is 3.74. The van der Waals surface area contributed by atoms with Crippen molar-refractivity contribution in [3.8, 4) is 17.2 Å². The number of ether oxygens (including phenoxy) is 3. The molecule has 0 saturated carbocycles. The Labute approximate surface area is 184 Å². The highest BCUT2D eigenvalue weighted by Crippen LogP contribution is 2.44. The summed E-state index contributed by atoms with van der Waals surface area (Å²) in [5.74, 6) is 1.40. The number of carbonyl (C=O) groups is 1. The molecule has 1 aliphatic rings. The predicted octanol–water partition coefficient (Wildman–Crippen LogP) is 6.15. The summed E-state index contributed by atoms with van der Waals surface area (Å²) >= 11 is 12.8. The van der Waals surface area contributed by atoms with Crippen LogP contribution in [0.4, 0.5) is 0 Å². The normalized spacial score (nSPS) is 12.2. The highest BCUT2D eigenvalue weighted by Gasteiger charge is 2.30. The standard InChI is InChI=1S/C24H18Cl2O4/c1-28-19-11-13(12-20(29-2)24(19)30-3)10-16-14-6-4-8-17(25)21(14)23(27)22-15(16)7-5-9-18(22)26/h4-12H,1-3H3. The molecule has 0 radical (unpaired) electrons. The topological polar surface area (TPSA) is 44.8 Å². The lowest BCUT2D eigenvalue weighted by atomic mass is 9.80. The molecule has 6 heteroatoms. The number of benzene rings is 3. The van der Waals surface area contributed by atoms with E-state index in [2.05, 4.69) is 0 Å². The van der Waals surface area contributed by atoms with Gasteiger partial charge in [0.25, 0.3) is 0 Å². The minimum atomic E-state index is -0.182. The van der Waals surface area contributed by atoms with E-state index in [-0.39, 0.29) is 5.78 Å². The molecule has 0 atom stereocenters. The van der Waals surface area contributed by atoms with Crippen LogP contribution in [0.15, 0.2) is 48.5 Å². The fraction of sp³-hybridized carbons (Fsp3) is 0.125. The molecular weight excluding hydrogens is 423 g/mol. The smallest absolute Gasteiger partial charge is 0.203 e. The largest absolute Gasteiger partial charge is 0.493 e. The van der Waals surface area contributed by atoms with Crippen molar-refractivity contribution in [2.75, 3.05) is 21.3 Å². The third kappa shape index (κ3) is 3.22. The van der Waals surface area contributed by atoms with Gasteiger partial charge >= 0.3 is 0 Å². The number of halogens is 2. The lowest BCUT2D eigenvalue weighted by Gasteiger charge is -2.23. The molecule has 152 valence electrons. The van der Waals surface area contributed by atoms with Gasteiger partial charge in [0.15, 0.2) is 17.3 Å². The molecule has 0 aliphatic heterocycles. The first-order valence-corrected chi connectivity index (χ1v) is 9.90. The maximum atomic E-state index is 13.2. The molecule has 0 amide bonds. The molecular formula is C24H18Cl2O4. The zero-order chi connectivity index (χ0) is 21.4. The third-order valence-electron chi connectivity index (χ3n) is 5.06. The van der Waals surface area contributed by atoms with Crippen LogP contribution in [0.3, 0.4) is 0 Å². The Morgan fingerprint density at radius 3 is 1.70 bits per heavy atom. The molecule has 3 aromatic rings. The number of ketones is 1. The van der Waals surface area contributed by atoms with Crippen LogP contribution in [0.5, 0.6) is 17.2 Å². The van der Waals surface area contributed by atoms with Gasteiger partial charge in [-0.15, -0.1) is 0 Å². The van der Waals surface area contributed by atoms with Crippen LogP contribution in [-0.4, -0.2) is 27.1 Å². The second-order valence-corrected chi connectivity index (χ2v) is 7.49. The molecule has 0 N–H and O–H groups in total. The van der Waals surface area contributed by atoms with E-state index in [1.165, 1.54) is 0 Å². The van der Waals surface area contributed by atoms with Gasteiger partial charge in [-0.1, -0.05) is 47.5 Å². The lowest BCUT2D eigenvalue weighted by molar-refractivity contribution is 0.103. The Bertz CT molecular complexity index is 1120. The quantitative estimate of drug-likeness (QED) is 0.381. The molecule has 0 spiro atoms. The van der Waals surface area contributed by atoms with Gasteiger partial charge < -0.3 is 14.2 Å². The number of fused-ring (bicyclic) bond motifs is 2. The van der Waals surface area contributed by atoms with Crippen LogP contribution in [0.25, 0.3) is 11.6 Å². The van der Waals surface area contributed by atoms with Gasteiger partial charge in [-0.25, -0.2) is 0 Å². The molecule has 0 bridgehead atoms. The Morgan fingerprint density at radius 2 is 1.27 bits per heavy atom. The number of methoxy groups -OCH3 is 3. The van der Waals surface area contributed by atoms with Gasteiger partial charge in [0, 0.05) is 11.1 Å². The number of hydrogen-bond donors (Lipinski definition) is 0. The SMILES string of the molecule is COc1cc(C=C2c3cccc(Cl)c3C(=O)c3c(Cl)cccc32)cc(OC)c1OC. The van der Waals surface area contributed by atoms with Crippen LogP contribution < -0.4 is 14.2 Å². The molecule has 0 fully saturated rings. The van der Waals surface area contributed by atoms with Crippen molar-refractivity contribution < 1.29 is 19.0 Å². The molecule has 0 heterocycles. The molecule has 30 heavy (non-hydrogen) atoms. The molecule has 0 unspecified atom stereocenters. The Hall–Kier alpha value is -2.95. The average molecular weight is 441 g/mol. The minimum absolute atomic E-state index is 0.182. The summed E-state index contributed by atoms with van der Waals surface area (Å²) in [6, 6.07) is 14.5. The van der Waals surface area contributed by atoms with Crippen molar-refractivity contribution in [3.63, 3.8) is 0 Å². The van der Waals surface area contributed by atoms with Crippen LogP contribution >= 0.6 is 23.2 Å². The highest BCUT2D eigenvalue weighted by molar-refractivity contribution is 6.40. The van der Waals surface area contributed by atoms with Crippen molar-refractivity contribution >= 4 is 40.6 Å². The maximum absolute atomic E-state index is 13.2. The van der Waals surface area contributed by atoms with Crippen molar-refractivity contribution in [2.24, 2.45) is 0 Å². The first-order chi connectivity index (χ1) is 14.5. The van der Waals surface area contributed by atoms with Crippen LogP contribution in [0.2, 0.25) is 10.0 Å². The van der Waals surface area contributed by atoms with Gasteiger partial charge in [0.05, 0.1) is 31.4 Å². The monoisotopic (exact) mass is 440 g/mol. The molecule has 1 aliphatic carbocycles. The van der Waals surface area contributed by atoms with Gasteiger partial charge in [-0.2, -0.15) is 0 Å². The van der Waals surface area contributed by atoms with Gasteiger partial charge in [0.2, 0.25) is 5.75 Å². The summed E-state index contributed by atoms with van der Waals surface area (Å²) in [6.07, 6.45) is 1.96. The predicted molar refractivity (Wildman–Crippen MR) is 119 cm³/mol. The first-order valence-electron chi connectivity index (χ1n) is 9.14. The van der Waals surface area contributed by atoms with E-state index < -0.39 is 0 Å². The Kier molecular flexibility index (Phi) is 5.46. The summed E-state index contributed by atoms with van der Waals surface area (Å²) in [6.45, 7) is 0. The number of rotatable bonds is 4. The minimum Gasteiger partial charge on any atom is -0.493 e. The summed E-state index contributed by atoms with van der Waals surface area (Å²) in [5, 5.41) is 0.776. The summed E-state index contributed by atoms with van der Waals surface area (Å²) < 4.78 is 16.4. The Balaban J connectivity index is 2.02. The number of carbonyl (C=O) groups excluding carboxylic acids is 1. The van der Waals surface area contributed by atoms with Crippen LogP contribution in [-0.2, 0) is 0 Å². The van der Waals surface area contributed by atoms with Crippen molar-refractivity contribution in [1.29, 1.82) is 0 Å². The lowest BCUT2D eigenvalue weighted by Crippen LogP contribution is -2.15. The first kappa shape index (κ1) is 20.3. The summed E-state index contributed by atoms with van der Waals surface area (Å²) in [7, 11) is 4.69. The second kappa shape index (κ2) is 8.05. The van der Waals surface area contributed by atoms with E-state index in [9.17, 15) is 4.79 Å². The second-order valence-electron chi connectivity index (χ2n) is 6.67. The van der Waals surface area contributed by atoms with Crippen molar-refractivity contribution in [3.05, 3.63) is 86.4 Å². The zero-order valence-corrected chi connectivity index (χ0v) is 18.1. The molecule has 3 aromatic carbocycles. The van der Waals surface area contributed by atoms with Crippen molar-refractivity contribution in [2.45, 2.75) is 0 Å². The number of hydrogen-bond acceptors (Lipinski definition) is 4. The molecule has 0 saturated heterocycles. The average Bonchev–Trinajstić information content (AvgIpc) is 2.75. The van der Waals surface area contributed by atoms with E-state index in [1.807, 2.05) is 42.5 Å². The van der Waals surface area contributed by atoms with E-state index in [4.69, 9.17) is 37.4 Å². The van der Waals surface area contributed by atoms with Crippen LogP contribution in [0.1, 0.15) is 32.6 Å². The van der Waals surface area contributed by atoms with E-state index >= 15 is 0 Å². The molecule has 4 nitrogen and oxygen atoms in total. The van der Waals surface area contributed by atoms with Gasteiger partial charge in [-0.3, -0.25) is 4.79 Å². The summed E-state index contributed by atoms with van der Waals surface area (Å²) in [4.78, 5) is 13.2. The highest BCUT2D eigenvalue weighted by atomic mass is 35.5. The van der Waals surface area contributed by atoms with E-state index in [1.54, 1.807) is 33.5 Å². The summed E-state index contributed by atoms with van der Waals surface area (Å²) in [5.41, 5.74) is 4.02. The van der Waals surface area contributed by atoms with E-state index in [0.717, 1.165) is 22.3 Å². The van der Waals surface area contributed by atoms with Gasteiger partial charge in [0.1, 0.15) is 0 Å².